The summed E-state index contributed by atoms with van der Waals surface area (Å²) in [6, 6.07) is 0. The fourth-order valence-corrected chi connectivity index (χ4v) is 1.82. The summed E-state index contributed by atoms with van der Waals surface area (Å²) in [5, 5.41) is 2.85. The number of carbonyl (C=O) groups is 1. The van der Waals surface area contributed by atoms with Crippen molar-refractivity contribution in [2.75, 3.05) is 6.54 Å². The SMILES string of the molecule is CC1C(=O)NCC1c1cncn1C. The van der Waals surface area contributed by atoms with Gasteiger partial charge in [-0.05, 0) is 0 Å². The summed E-state index contributed by atoms with van der Waals surface area (Å²) < 4.78 is 1.97. The van der Waals surface area contributed by atoms with Gasteiger partial charge in [0.2, 0.25) is 5.91 Å². The molecule has 1 saturated heterocycles. The van der Waals surface area contributed by atoms with Crippen LogP contribution in [0.2, 0.25) is 0 Å². The van der Waals surface area contributed by atoms with E-state index in [-0.39, 0.29) is 17.7 Å². The van der Waals surface area contributed by atoms with Gasteiger partial charge in [-0.15, -0.1) is 0 Å². The molecule has 1 amide bonds. The number of nitrogens with one attached hydrogen (secondary N) is 1. The molecule has 0 spiro atoms. The van der Waals surface area contributed by atoms with Crippen molar-refractivity contribution in [3.8, 4) is 0 Å². The lowest BCUT2D eigenvalue weighted by Crippen LogP contribution is -2.17. The minimum Gasteiger partial charge on any atom is -0.355 e. The van der Waals surface area contributed by atoms with Crippen LogP contribution in [-0.2, 0) is 11.8 Å². The van der Waals surface area contributed by atoms with Crippen molar-refractivity contribution < 1.29 is 4.79 Å². The van der Waals surface area contributed by atoms with Crippen molar-refractivity contribution in [2.45, 2.75) is 12.8 Å². The normalized spacial score (nSPS) is 27.7. The smallest absolute Gasteiger partial charge is 0.223 e. The van der Waals surface area contributed by atoms with E-state index in [0.717, 1.165) is 12.2 Å². The minimum atomic E-state index is 0.0652. The second-order valence-corrected chi connectivity index (χ2v) is 3.57. The molecule has 2 unspecified atom stereocenters. The van der Waals surface area contributed by atoms with Crippen LogP contribution in [0, 0.1) is 5.92 Å². The van der Waals surface area contributed by atoms with Crippen LogP contribution in [0.3, 0.4) is 0 Å². The molecule has 4 heteroatoms. The van der Waals surface area contributed by atoms with Crippen molar-refractivity contribution in [2.24, 2.45) is 13.0 Å². The Morgan fingerprint density at radius 2 is 2.46 bits per heavy atom. The average Bonchev–Trinajstić information content (AvgIpc) is 2.62. The summed E-state index contributed by atoms with van der Waals surface area (Å²) >= 11 is 0. The van der Waals surface area contributed by atoms with E-state index in [9.17, 15) is 4.79 Å². The molecule has 1 aromatic rings. The largest absolute Gasteiger partial charge is 0.355 e. The molecule has 0 aliphatic carbocycles. The monoisotopic (exact) mass is 179 g/mol. The molecule has 70 valence electrons. The molecule has 1 N–H and O–H groups in total. The Bertz CT molecular complexity index is 331. The van der Waals surface area contributed by atoms with Gasteiger partial charge in [-0.1, -0.05) is 6.92 Å². The molecule has 2 rings (SSSR count). The highest BCUT2D eigenvalue weighted by atomic mass is 16.2. The predicted molar refractivity (Wildman–Crippen MR) is 48.1 cm³/mol. The van der Waals surface area contributed by atoms with E-state index in [1.165, 1.54) is 0 Å². The van der Waals surface area contributed by atoms with Crippen LogP contribution in [0.1, 0.15) is 18.5 Å². The fourth-order valence-electron chi connectivity index (χ4n) is 1.82. The highest BCUT2D eigenvalue weighted by Crippen LogP contribution is 2.27. The van der Waals surface area contributed by atoms with Gasteiger partial charge < -0.3 is 9.88 Å². The summed E-state index contributed by atoms with van der Waals surface area (Å²) in [5.41, 5.74) is 1.13. The van der Waals surface area contributed by atoms with E-state index in [1.54, 1.807) is 6.33 Å². The molecule has 1 aliphatic rings. The zero-order valence-electron chi connectivity index (χ0n) is 7.82. The molecule has 0 saturated carbocycles. The molecule has 1 fully saturated rings. The van der Waals surface area contributed by atoms with Gasteiger partial charge >= 0.3 is 0 Å². The maximum Gasteiger partial charge on any atom is 0.223 e. The third kappa shape index (κ3) is 1.22. The first kappa shape index (κ1) is 8.29. The van der Waals surface area contributed by atoms with Gasteiger partial charge in [-0.3, -0.25) is 4.79 Å². The standard InChI is InChI=1S/C9H13N3O/c1-6-7(3-11-9(6)13)8-4-10-5-12(8)2/h4-7H,3H2,1-2H3,(H,11,13). The fraction of sp³-hybridized carbons (Fsp3) is 0.556. The van der Waals surface area contributed by atoms with E-state index in [2.05, 4.69) is 10.3 Å². The molecule has 0 aromatic carbocycles. The Balaban J connectivity index is 2.28. The number of hydrogen-bond donors (Lipinski definition) is 1. The predicted octanol–water partition coefficient (Wildman–Crippen LogP) is 0.270. The molecule has 0 radical (unpaired) electrons. The zero-order chi connectivity index (χ0) is 9.42. The topological polar surface area (TPSA) is 46.9 Å². The van der Waals surface area contributed by atoms with E-state index >= 15 is 0 Å². The Morgan fingerprint density at radius 3 is 2.92 bits per heavy atom. The summed E-state index contributed by atoms with van der Waals surface area (Å²) in [6.45, 7) is 2.69. The molecular weight excluding hydrogens is 166 g/mol. The Morgan fingerprint density at radius 1 is 1.69 bits per heavy atom. The van der Waals surface area contributed by atoms with E-state index in [4.69, 9.17) is 0 Å². The van der Waals surface area contributed by atoms with E-state index in [1.807, 2.05) is 24.7 Å². The van der Waals surface area contributed by atoms with E-state index < -0.39 is 0 Å². The number of imidazole rings is 1. The van der Waals surface area contributed by atoms with Gasteiger partial charge in [0.1, 0.15) is 0 Å². The maximum atomic E-state index is 11.3. The lowest BCUT2D eigenvalue weighted by Gasteiger charge is -2.12. The lowest BCUT2D eigenvalue weighted by molar-refractivity contribution is -0.122. The second kappa shape index (κ2) is 2.87. The Kier molecular flexibility index (Phi) is 1.83. The highest BCUT2D eigenvalue weighted by Gasteiger charge is 2.33. The summed E-state index contributed by atoms with van der Waals surface area (Å²) in [5.74, 6) is 0.488. The van der Waals surface area contributed by atoms with Crippen molar-refractivity contribution in [1.29, 1.82) is 0 Å². The molecule has 2 atom stereocenters. The van der Waals surface area contributed by atoms with Crippen molar-refractivity contribution in [3.63, 3.8) is 0 Å². The first-order valence-corrected chi connectivity index (χ1v) is 4.44. The summed E-state index contributed by atoms with van der Waals surface area (Å²) in [7, 11) is 1.96. The van der Waals surface area contributed by atoms with Gasteiger partial charge in [-0.25, -0.2) is 4.98 Å². The third-order valence-electron chi connectivity index (χ3n) is 2.75. The number of nitrogens with zero attached hydrogens (tertiary/aromatic N) is 2. The molecule has 0 bridgehead atoms. The van der Waals surface area contributed by atoms with Crippen LogP contribution in [0.4, 0.5) is 0 Å². The molecule has 1 aromatic heterocycles. The Labute approximate surface area is 77.0 Å². The van der Waals surface area contributed by atoms with Gasteiger partial charge in [-0.2, -0.15) is 0 Å². The van der Waals surface area contributed by atoms with Crippen LogP contribution in [0.5, 0.6) is 0 Å². The van der Waals surface area contributed by atoms with Crippen LogP contribution < -0.4 is 5.32 Å². The number of carbonyl (C=O) groups excluding carboxylic acids is 1. The van der Waals surface area contributed by atoms with Crippen molar-refractivity contribution in [1.82, 2.24) is 14.9 Å². The van der Waals surface area contributed by atoms with E-state index in [0.29, 0.717) is 0 Å². The Hall–Kier alpha value is -1.32. The second-order valence-electron chi connectivity index (χ2n) is 3.57. The number of hydrogen-bond acceptors (Lipinski definition) is 2. The van der Waals surface area contributed by atoms with Crippen molar-refractivity contribution in [3.05, 3.63) is 18.2 Å². The number of aryl methyl sites for hydroxylation is 1. The molecule has 13 heavy (non-hydrogen) atoms. The van der Waals surface area contributed by atoms with Crippen LogP contribution in [0.25, 0.3) is 0 Å². The molecule has 2 heterocycles. The maximum absolute atomic E-state index is 11.3. The van der Waals surface area contributed by atoms with Gasteiger partial charge in [0, 0.05) is 37.3 Å². The summed E-state index contributed by atoms with van der Waals surface area (Å²) in [6.07, 6.45) is 3.60. The zero-order valence-corrected chi connectivity index (χ0v) is 7.82. The molecule has 4 nitrogen and oxygen atoms in total. The summed E-state index contributed by atoms with van der Waals surface area (Å²) in [4.78, 5) is 15.3. The quantitative estimate of drug-likeness (QED) is 0.672. The third-order valence-corrected chi connectivity index (χ3v) is 2.75. The number of rotatable bonds is 1. The lowest BCUT2D eigenvalue weighted by atomic mass is 9.95. The highest BCUT2D eigenvalue weighted by molar-refractivity contribution is 5.81. The number of amides is 1. The van der Waals surface area contributed by atoms with Crippen molar-refractivity contribution >= 4 is 5.91 Å². The first-order chi connectivity index (χ1) is 6.20. The van der Waals surface area contributed by atoms with Crippen LogP contribution in [-0.4, -0.2) is 22.0 Å². The van der Waals surface area contributed by atoms with Gasteiger partial charge in [0.25, 0.3) is 0 Å². The number of aromatic nitrogens is 2. The average molecular weight is 179 g/mol. The van der Waals surface area contributed by atoms with Crippen LogP contribution in [0.15, 0.2) is 12.5 Å². The molecule has 1 aliphatic heterocycles. The molecular formula is C9H13N3O. The van der Waals surface area contributed by atoms with Crippen LogP contribution >= 0.6 is 0 Å². The first-order valence-electron chi connectivity index (χ1n) is 4.44. The van der Waals surface area contributed by atoms with Gasteiger partial charge in [0.05, 0.1) is 6.33 Å². The van der Waals surface area contributed by atoms with Gasteiger partial charge in [0.15, 0.2) is 0 Å². The minimum absolute atomic E-state index is 0.0652.